The summed E-state index contributed by atoms with van der Waals surface area (Å²) in [6, 6.07) is 4.89. The van der Waals surface area contributed by atoms with Crippen LogP contribution < -0.4 is 11.1 Å². The fraction of sp³-hybridized carbons (Fsp3) is 0.462. The molecule has 0 saturated carbocycles. The van der Waals surface area contributed by atoms with E-state index in [2.05, 4.69) is 5.32 Å². The van der Waals surface area contributed by atoms with E-state index < -0.39 is 10.8 Å². The van der Waals surface area contributed by atoms with Crippen molar-refractivity contribution in [1.82, 2.24) is 5.32 Å². The lowest BCUT2D eigenvalue weighted by molar-refractivity contribution is -0.119. The van der Waals surface area contributed by atoms with Crippen LogP contribution in [-0.4, -0.2) is 21.9 Å². The second-order valence-corrected chi connectivity index (χ2v) is 6.09. The molecule has 0 heterocycles. The van der Waals surface area contributed by atoms with Gasteiger partial charge in [-0.15, -0.1) is 0 Å². The molecule has 0 aromatic heterocycles. The summed E-state index contributed by atoms with van der Waals surface area (Å²) in [5.41, 5.74) is 6.11. The fourth-order valence-electron chi connectivity index (χ4n) is 1.65. The third-order valence-corrected chi connectivity index (χ3v) is 4.61. The molecular formula is C13H19ClN2O2S. The molecule has 4 nitrogen and oxygen atoms in total. The Morgan fingerprint density at radius 3 is 2.63 bits per heavy atom. The van der Waals surface area contributed by atoms with Crippen molar-refractivity contribution in [2.75, 3.05) is 11.5 Å². The third-order valence-electron chi connectivity index (χ3n) is 2.81. The Balaban J connectivity index is 2.69. The van der Waals surface area contributed by atoms with Crippen molar-refractivity contribution in [3.05, 3.63) is 23.2 Å². The van der Waals surface area contributed by atoms with Crippen molar-refractivity contribution in [3.63, 3.8) is 0 Å². The average Bonchev–Trinajstić information content (AvgIpc) is 2.38. The summed E-state index contributed by atoms with van der Waals surface area (Å²) in [7, 11) is -1.48. The molecule has 0 spiro atoms. The van der Waals surface area contributed by atoms with Crippen molar-refractivity contribution in [1.29, 1.82) is 0 Å². The van der Waals surface area contributed by atoms with Gasteiger partial charge in [0.05, 0.1) is 20.7 Å². The first kappa shape index (κ1) is 16.0. The van der Waals surface area contributed by atoms with Crippen LogP contribution in [0.1, 0.15) is 26.7 Å². The molecule has 1 rings (SSSR count). The highest BCUT2D eigenvalue weighted by Gasteiger charge is 2.15. The Bertz CT molecular complexity index is 476. The van der Waals surface area contributed by atoms with E-state index in [1.807, 2.05) is 13.8 Å². The Kier molecular flexibility index (Phi) is 6.31. The lowest BCUT2D eigenvalue weighted by Gasteiger charge is -2.14. The van der Waals surface area contributed by atoms with E-state index in [0.717, 1.165) is 12.8 Å². The van der Waals surface area contributed by atoms with Crippen LogP contribution in [0.5, 0.6) is 0 Å². The lowest BCUT2D eigenvalue weighted by atomic mass is 10.2. The molecule has 1 amide bonds. The molecule has 3 N–H and O–H groups in total. The molecule has 1 atom stereocenters. The maximum absolute atomic E-state index is 12.1. The van der Waals surface area contributed by atoms with Gasteiger partial charge in [0.25, 0.3) is 0 Å². The zero-order chi connectivity index (χ0) is 14.4. The van der Waals surface area contributed by atoms with Crippen LogP contribution >= 0.6 is 11.6 Å². The number of benzene rings is 1. The van der Waals surface area contributed by atoms with E-state index in [4.69, 9.17) is 17.3 Å². The Morgan fingerprint density at radius 2 is 2.05 bits per heavy atom. The summed E-state index contributed by atoms with van der Waals surface area (Å²) in [5, 5.41) is 3.21. The van der Waals surface area contributed by atoms with Crippen LogP contribution in [0.15, 0.2) is 23.1 Å². The minimum atomic E-state index is -1.48. The van der Waals surface area contributed by atoms with Crippen LogP contribution in [-0.2, 0) is 15.6 Å². The molecule has 1 unspecified atom stereocenters. The van der Waals surface area contributed by atoms with Crippen molar-refractivity contribution in [3.8, 4) is 0 Å². The van der Waals surface area contributed by atoms with Gasteiger partial charge in [0.15, 0.2) is 0 Å². The molecule has 0 aliphatic carbocycles. The zero-order valence-corrected chi connectivity index (χ0v) is 12.7. The standard InChI is InChI=1S/C13H19ClN2O2S/c1-3-10(4-2)16-13(17)8-19(18)12-7-9(15)5-6-11(12)14/h5-7,10H,3-4,8,15H2,1-2H3,(H,16,17). The van der Waals surface area contributed by atoms with E-state index in [-0.39, 0.29) is 17.7 Å². The maximum Gasteiger partial charge on any atom is 0.233 e. The Hall–Kier alpha value is -1.07. The zero-order valence-electron chi connectivity index (χ0n) is 11.1. The van der Waals surface area contributed by atoms with Crippen LogP contribution in [0.4, 0.5) is 5.69 Å². The fourth-order valence-corrected chi connectivity index (χ4v) is 3.06. The summed E-state index contributed by atoms with van der Waals surface area (Å²) in [6.07, 6.45) is 1.71. The van der Waals surface area contributed by atoms with Crippen molar-refractivity contribution >= 4 is 34.0 Å². The monoisotopic (exact) mass is 302 g/mol. The van der Waals surface area contributed by atoms with Gasteiger partial charge in [-0.05, 0) is 31.0 Å². The highest BCUT2D eigenvalue weighted by molar-refractivity contribution is 7.85. The predicted octanol–water partition coefficient (Wildman–Crippen LogP) is 2.33. The van der Waals surface area contributed by atoms with Gasteiger partial charge < -0.3 is 11.1 Å². The molecular weight excluding hydrogens is 284 g/mol. The van der Waals surface area contributed by atoms with Gasteiger partial charge >= 0.3 is 0 Å². The normalized spacial score (nSPS) is 12.4. The molecule has 0 fully saturated rings. The first-order chi connectivity index (χ1) is 8.97. The van der Waals surface area contributed by atoms with Crippen molar-refractivity contribution < 1.29 is 9.00 Å². The van der Waals surface area contributed by atoms with Gasteiger partial charge in [-0.25, -0.2) is 0 Å². The Labute approximate surface area is 121 Å². The second-order valence-electron chi connectivity index (χ2n) is 4.26. The smallest absolute Gasteiger partial charge is 0.233 e. The Morgan fingerprint density at radius 1 is 1.42 bits per heavy atom. The highest BCUT2D eigenvalue weighted by Crippen LogP contribution is 2.22. The van der Waals surface area contributed by atoms with E-state index in [1.165, 1.54) is 0 Å². The number of rotatable bonds is 6. The summed E-state index contributed by atoms with van der Waals surface area (Å²) >= 11 is 5.95. The first-order valence-corrected chi connectivity index (χ1v) is 7.90. The first-order valence-electron chi connectivity index (χ1n) is 6.20. The number of hydrogen-bond donors (Lipinski definition) is 2. The molecule has 1 aromatic rings. The molecule has 0 saturated heterocycles. The van der Waals surface area contributed by atoms with Crippen LogP contribution in [0.25, 0.3) is 0 Å². The van der Waals surface area contributed by atoms with Gasteiger partial charge in [-0.2, -0.15) is 0 Å². The van der Waals surface area contributed by atoms with Gasteiger partial charge in [0, 0.05) is 11.7 Å². The van der Waals surface area contributed by atoms with E-state index >= 15 is 0 Å². The highest BCUT2D eigenvalue weighted by atomic mass is 35.5. The molecule has 0 aliphatic rings. The lowest BCUT2D eigenvalue weighted by Crippen LogP contribution is -2.36. The quantitative estimate of drug-likeness (QED) is 0.792. The maximum atomic E-state index is 12.1. The molecule has 0 bridgehead atoms. The predicted molar refractivity (Wildman–Crippen MR) is 79.7 cm³/mol. The number of anilines is 1. The van der Waals surface area contributed by atoms with Gasteiger partial charge in [-0.1, -0.05) is 25.4 Å². The topological polar surface area (TPSA) is 72.2 Å². The largest absolute Gasteiger partial charge is 0.399 e. The van der Waals surface area contributed by atoms with Gasteiger partial charge in [0.2, 0.25) is 5.91 Å². The summed E-state index contributed by atoms with van der Waals surface area (Å²) < 4.78 is 12.1. The number of carbonyl (C=O) groups excluding carboxylic acids is 1. The number of amides is 1. The number of carbonyl (C=O) groups is 1. The van der Waals surface area contributed by atoms with E-state index in [9.17, 15) is 9.00 Å². The number of hydrogen-bond acceptors (Lipinski definition) is 3. The minimum Gasteiger partial charge on any atom is -0.399 e. The molecule has 0 radical (unpaired) electrons. The number of halogens is 1. The van der Waals surface area contributed by atoms with E-state index in [1.54, 1.807) is 18.2 Å². The van der Waals surface area contributed by atoms with Gasteiger partial charge in [0.1, 0.15) is 5.75 Å². The third kappa shape index (κ3) is 4.84. The summed E-state index contributed by atoms with van der Waals surface area (Å²) in [4.78, 5) is 12.2. The molecule has 19 heavy (non-hydrogen) atoms. The van der Waals surface area contributed by atoms with E-state index in [0.29, 0.717) is 15.6 Å². The average molecular weight is 303 g/mol. The number of nitrogen functional groups attached to an aromatic ring is 1. The van der Waals surface area contributed by atoms with Crippen molar-refractivity contribution in [2.24, 2.45) is 0 Å². The van der Waals surface area contributed by atoms with Crippen LogP contribution in [0.2, 0.25) is 5.02 Å². The van der Waals surface area contributed by atoms with Crippen LogP contribution in [0, 0.1) is 0 Å². The number of nitrogens with one attached hydrogen (secondary N) is 1. The summed E-state index contributed by atoms with van der Waals surface area (Å²) in [5.74, 6) is -0.329. The molecule has 1 aromatic carbocycles. The SMILES string of the molecule is CCC(CC)NC(=O)CS(=O)c1cc(N)ccc1Cl. The second kappa shape index (κ2) is 7.50. The van der Waals surface area contributed by atoms with Crippen LogP contribution in [0.3, 0.4) is 0 Å². The molecule has 6 heteroatoms. The summed E-state index contributed by atoms with van der Waals surface area (Å²) in [6.45, 7) is 4.00. The van der Waals surface area contributed by atoms with Crippen molar-refractivity contribution in [2.45, 2.75) is 37.6 Å². The molecule has 106 valence electrons. The van der Waals surface area contributed by atoms with Gasteiger partial charge in [-0.3, -0.25) is 9.00 Å². The minimum absolute atomic E-state index is 0.0975. The molecule has 0 aliphatic heterocycles. The number of nitrogens with two attached hydrogens (primary N) is 1.